The van der Waals surface area contributed by atoms with Crippen molar-refractivity contribution in [3.63, 3.8) is 0 Å². The van der Waals surface area contributed by atoms with E-state index in [1.807, 2.05) is 0 Å². The summed E-state index contributed by atoms with van der Waals surface area (Å²) in [5, 5.41) is 0. The van der Waals surface area contributed by atoms with Gasteiger partial charge in [0.25, 0.3) is 5.82 Å². The first-order valence-corrected chi connectivity index (χ1v) is 25.9. The maximum absolute atomic E-state index is 2.66. The van der Waals surface area contributed by atoms with E-state index in [0.29, 0.717) is 0 Å². The van der Waals surface area contributed by atoms with Crippen molar-refractivity contribution in [1.82, 2.24) is 4.57 Å². The van der Waals surface area contributed by atoms with Crippen LogP contribution in [-0.4, -0.2) is 4.57 Å². The Bertz CT molecular complexity index is 779. The van der Waals surface area contributed by atoms with Crippen molar-refractivity contribution in [2.75, 3.05) is 0 Å². The third-order valence-corrected chi connectivity index (χ3v) is 12.6. The van der Waals surface area contributed by atoms with Crippen LogP contribution in [0.15, 0.2) is 12.4 Å². The van der Waals surface area contributed by atoms with Gasteiger partial charge in [-0.3, -0.25) is 0 Å². The van der Waals surface area contributed by atoms with Gasteiger partial charge in [-0.05, 0) is 32.1 Å². The lowest BCUT2D eigenvalue weighted by molar-refractivity contribution is -0.704. The molecule has 0 radical (unpaired) electrons. The van der Waals surface area contributed by atoms with E-state index in [-0.39, 0.29) is 0 Å². The zero-order chi connectivity index (χ0) is 38.7. The molecule has 0 saturated heterocycles. The molecule has 2 nitrogen and oxygen atoms in total. The fourth-order valence-corrected chi connectivity index (χ4v) is 8.80. The Hall–Kier alpha value is -0.790. The van der Waals surface area contributed by atoms with E-state index in [0.717, 1.165) is 0 Å². The summed E-state index contributed by atoms with van der Waals surface area (Å²) in [4.78, 5) is 0. The summed E-state index contributed by atoms with van der Waals surface area (Å²) in [6, 6.07) is 0. The van der Waals surface area contributed by atoms with E-state index in [9.17, 15) is 0 Å². The first-order chi connectivity index (χ1) is 26.8. The molecule has 0 aliphatic heterocycles. The molecule has 1 aromatic rings. The largest absolute Gasteiger partial charge is 0.256 e. The van der Waals surface area contributed by atoms with Crippen molar-refractivity contribution in [3.8, 4) is 0 Å². The Balaban J connectivity index is 2.25. The molecule has 0 spiro atoms. The zero-order valence-corrected chi connectivity index (χ0v) is 38.1. The van der Waals surface area contributed by atoms with Gasteiger partial charge in [-0.1, -0.05) is 265 Å². The molecule has 0 unspecified atom stereocenters. The van der Waals surface area contributed by atoms with Crippen LogP contribution in [0.4, 0.5) is 0 Å². The quantitative estimate of drug-likeness (QED) is 0.0463. The van der Waals surface area contributed by atoms with Crippen LogP contribution in [0.5, 0.6) is 0 Å². The van der Waals surface area contributed by atoms with Gasteiger partial charge in [-0.15, -0.1) is 0 Å². The van der Waals surface area contributed by atoms with Crippen LogP contribution in [0.1, 0.15) is 303 Å². The van der Waals surface area contributed by atoms with Crippen molar-refractivity contribution in [1.29, 1.82) is 0 Å². The number of rotatable bonds is 46. The minimum absolute atomic E-state index is 1.23. The highest BCUT2D eigenvalue weighted by molar-refractivity contribution is 4.84. The molecule has 0 aliphatic carbocycles. The van der Waals surface area contributed by atoms with Gasteiger partial charge in [0.15, 0.2) is 0 Å². The molecule has 0 amide bonds. The van der Waals surface area contributed by atoms with Crippen molar-refractivity contribution < 1.29 is 4.57 Å². The van der Waals surface area contributed by atoms with Crippen LogP contribution in [0, 0.1) is 0 Å². The second-order valence-electron chi connectivity index (χ2n) is 18.0. The summed E-state index contributed by atoms with van der Waals surface area (Å²) in [6.07, 6.45) is 68.3. The van der Waals surface area contributed by atoms with Gasteiger partial charge >= 0.3 is 0 Å². The third kappa shape index (κ3) is 34.5. The summed E-state index contributed by atoms with van der Waals surface area (Å²) in [5.74, 6) is 1.63. The molecule has 1 heterocycles. The second kappa shape index (κ2) is 43.3. The molecule has 0 fully saturated rings. The van der Waals surface area contributed by atoms with Crippen LogP contribution >= 0.6 is 0 Å². The Morgan fingerprint density at radius 2 is 0.574 bits per heavy atom. The van der Waals surface area contributed by atoms with Crippen LogP contribution in [0.25, 0.3) is 0 Å². The van der Waals surface area contributed by atoms with Crippen molar-refractivity contribution in [2.45, 2.75) is 316 Å². The predicted octanol–water partition coefficient (Wildman–Crippen LogP) is 18.2. The van der Waals surface area contributed by atoms with Gasteiger partial charge in [0, 0.05) is 6.42 Å². The van der Waals surface area contributed by atoms with Gasteiger partial charge in [0.1, 0.15) is 12.4 Å². The Morgan fingerprint density at radius 1 is 0.315 bits per heavy atom. The highest BCUT2D eigenvalue weighted by Gasteiger charge is 2.16. The van der Waals surface area contributed by atoms with Crippen LogP contribution in [0.2, 0.25) is 0 Å². The van der Waals surface area contributed by atoms with E-state index >= 15 is 0 Å². The summed E-state index contributed by atoms with van der Waals surface area (Å²) >= 11 is 0. The monoisotopic (exact) mass is 756 g/mol. The minimum atomic E-state index is 1.23. The first kappa shape index (κ1) is 51.2. The lowest BCUT2D eigenvalue weighted by Crippen LogP contribution is -2.37. The molecule has 1 aromatic heterocycles. The topological polar surface area (TPSA) is 8.81 Å². The second-order valence-corrected chi connectivity index (χ2v) is 18.0. The van der Waals surface area contributed by atoms with Gasteiger partial charge in [0.2, 0.25) is 0 Å². The van der Waals surface area contributed by atoms with Gasteiger partial charge in [0.05, 0.1) is 13.1 Å². The van der Waals surface area contributed by atoms with Gasteiger partial charge in [-0.2, -0.15) is 0 Å². The van der Waals surface area contributed by atoms with Crippen LogP contribution in [-0.2, 0) is 19.5 Å². The lowest BCUT2D eigenvalue weighted by atomic mass is 10.0. The van der Waals surface area contributed by atoms with E-state index in [1.165, 1.54) is 296 Å². The average molecular weight is 756 g/mol. The van der Waals surface area contributed by atoms with E-state index in [2.05, 4.69) is 42.3 Å². The molecule has 0 saturated carbocycles. The average Bonchev–Trinajstić information content (AvgIpc) is 3.57. The minimum Gasteiger partial charge on any atom is -0.234 e. The van der Waals surface area contributed by atoms with Crippen LogP contribution < -0.4 is 4.57 Å². The normalized spacial score (nSPS) is 11.7. The molecule has 2 heteroatoms. The fourth-order valence-electron chi connectivity index (χ4n) is 8.80. The highest BCUT2D eigenvalue weighted by atomic mass is 15.1. The molecule has 320 valence electrons. The lowest BCUT2D eigenvalue weighted by Gasteiger charge is -2.07. The molecule has 0 atom stereocenters. The molecule has 1 rings (SSSR count). The molecule has 54 heavy (non-hydrogen) atoms. The Labute approximate surface area is 342 Å². The van der Waals surface area contributed by atoms with E-state index in [1.54, 1.807) is 5.82 Å². The number of aromatic nitrogens is 2. The highest BCUT2D eigenvalue weighted by Crippen LogP contribution is 2.17. The SMILES string of the molecule is CCCCCCCCCCCCCCCCCCCc1n(CCCCCCCCCCCCCCC)cc[n+]1CCCCCCCCCCCCCCC. The van der Waals surface area contributed by atoms with Gasteiger partial charge in [-0.25, -0.2) is 9.13 Å². The smallest absolute Gasteiger partial charge is 0.234 e. The first-order valence-electron chi connectivity index (χ1n) is 25.9. The zero-order valence-electron chi connectivity index (χ0n) is 38.1. The molecular weight excluding hydrogens is 653 g/mol. The summed E-state index contributed by atoms with van der Waals surface area (Å²) in [5.41, 5.74) is 0. The Kier molecular flexibility index (Phi) is 41.1. The maximum atomic E-state index is 2.66. The fraction of sp³-hybridized carbons (Fsp3) is 0.942. The molecular formula is C52H103N2+. The van der Waals surface area contributed by atoms with E-state index in [4.69, 9.17) is 0 Å². The van der Waals surface area contributed by atoms with Crippen LogP contribution in [0.3, 0.4) is 0 Å². The van der Waals surface area contributed by atoms with E-state index < -0.39 is 0 Å². The molecule has 0 N–H and O–H groups in total. The van der Waals surface area contributed by atoms with Crippen molar-refractivity contribution in [3.05, 3.63) is 18.2 Å². The van der Waals surface area contributed by atoms with Crippen molar-refractivity contribution in [2.24, 2.45) is 0 Å². The number of nitrogens with zero attached hydrogens (tertiary/aromatic N) is 2. The summed E-state index contributed by atoms with van der Waals surface area (Å²) in [6.45, 7) is 9.42. The maximum Gasteiger partial charge on any atom is 0.256 e. The number of imidazole rings is 1. The number of aryl methyl sites for hydroxylation is 2. The number of hydrogen-bond donors (Lipinski definition) is 0. The number of unbranched alkanes of at least 4 members (excludes halogenated alkanes) is 40. The summed E-state index contributed by atoms with van der Waals surface area (Å²) < 4.78 is 5.32. The van der Waals surface area contributed by atoms with Crippen molar-refractivity contribution >= 4 is 0 Å². The van der Waals surface area contributed by atoms with Gasteiger partial charge < -0.3 is 0 Å². The number of hydrogen-bond acceptors (Lipinski definition) is 0. The Morgan fingerprint density at radius 3 is 0.889 bits per heavy atom. The summed E-state index contributed by atoms with van der Waals surface area (Å²) in [7, 11) is 0. The molecule has 0 aliphatic rings. The molecule has 0 bridgehead atoms. The standard InChI is InChI=1S/C52H103N2/c1-4-7-10-13-16-19-22-25-26-27-28-29-32-35-38-41-44-47-52-53(48-45-42-39-36-33-30-23-20-17-14-11-8-5-2)50-51-54(52)49-46-43-40-37-34-31-24-21-18-15-12-9-6-3/h50-51H,4-49H2,1-3H3/q+1. The predicted molar refractivity (Wildman–Crippen MR) is 244 cm³/mol. The molecule has 0 aromatic carbocycles. The third-order valence-electron chi connectivity index (χ3n) is 12.6.